The topological polar surface area (TPSA) is 71.9 Å². The molecule has 1 aromatic heterocycles. The third-order valence-electron chi connectivity index (χ3n) is 2.99. The molecule has 0 spiro atoms. The molecule has 3 aromatic rings. The lowest BCUT2D eigenvalue weighted by molar-refractivity contribution is 0.464. The SMILES string of the molecule is N#Cc1cc2ccccc2nc1Oc1ccc(F)cc1N. The molecule has 102 valence electrons. The summed E-state index contributed by atoms with van der Waals surface area (Å²) in [7, 11) is 0. The van der Waals surface area contributed by atoms with Crippen molar-refractivity contribution in [1.29, 1.82) is 5.26 Å². The summed E-state index contributed by atoms with van der Waals surface area (Å²) < 4.78 is 18.6. The first-order chi connectivity index (χ1) is 10.2. The summed E-state index contributed by atoms with van der Waals surface area (Å²) in [6, 6.07) is 14.9. The van der Waals surface area contributed by atoms with Crippen molar-refractivity contribution in [1.82, 2.24) is 4.98 Å². The fourth-order valence-corrected chi connectivity index (χ4v) is 1.97. The molecule has 0 radical (unpaired) electrons. The summed E-state index contributed by atoms with van der Waals surface area (Å²) in [6.45, 7) is 0. The van der Waals surface area contributed by atoms with Gasteiger partial charge in [0.2, 0.25) is 5.88 Å². The summed E-state index contributed by atoms with van der Waals surface area (Å²) in [6.07, 6.45) is 0. The van der Waals surface area contributed by atoms with E-state index in [9.17, 15) is 9.65 Å². The van der Waals surface area contributed by atoms with Crippen LogP contribution >= 0.6 is 0 Å². The number of halogens is 1. The van der Waals surface area contributed by atoms with E-state index in [1.54, 1.807) is 6.07 Å². The molecule has 1 heterocycles. The summed E-state index contributed by atoms with van der Waals surface area (Å²) >= 11 is 0. The Morgan fingerprint density at radius 2 is 1.95 bits per heavy atom. The molecule has 0 aliphatic carbocycles. The van der Waals surface area contributed by atoms with Crippen LogP contribution in [0.5, 0.6) is 11.6 Å². The maximum atomic E-state index is 13.0. The van der Waals surface area contributed by atoms with Crippen LogP contribution in [-0.4, -0.2) is 4.98 Å². The highest BCUT2D eigenvalue weighted by molar-refractivity contribution is 5.81. The lowest BCUT2D eigenvalue weighted by Crippen LogP contribution is -1.97. The maximum Gasteiger partial charge on any atom is 0.237 e. The number of hydrogen-bond acceptors (Lipinski definition) is 4. The molecule has 0 fully saturated rings. The van der Waals surface area contributed by atoms with Crippen LogP contribution in [0.1, 0.15) is 5.56 Å². The van der Waals surface area contributed by atoms with Crippen LogP contribution in [0.2, 0.25) is 0 Å². The highest BCUT2D eigenvalue weighted by Crippen LogP contribution is 2.30. The second-order valence-electron chi connectivity index (χ2n) is 4.43. The first kappa shape index (κ1) is 12.9. The highest BCUT2D eigenvalue weighted by atomic mass is 19.1. The van der Waals surface area contributed by atoms with E-state index in [1.165, 1.54) is 12.1 Å². The molecule has 2 aromatic carbocycles. The van der Waals surface area contributed by atoms with Gasteiger partial charge in [-0.15, -0.1) is 0 Å². The lowest BCUT2D eigenvalue weighted by Gasteiger charge is -2.09. The number of aromatic nitrogens is 1. The van der Waals surface area contributed by atoms with E-state index in [-0.39, 0.29) is 22.9 Å². The molecule has 0 unspecified atom stereocenters. The van der Waals surface area contributed by atoms with Crippen molar-refractivity contribution in [2.75, 3.05) is 5.73 Å². The minimum Gasteiger partial charge on any atom is -0.435 e. The third-order valence-corrected chi connectivity index (χ3v) is 2.99. The quantitative estimate of drug-likeness (QED) is 0.727. The van der Waals surface area contributed by atoms with Gasteiger partial charge in [-0.2, -0.15) is 5.26 Å². The molecular formula is C16H10FN3O. The number of nitrogen functional groups attached to an aromatic ring is 1. The maximum absolute atomic E-state index is 13.0. The van der Waals surface area contributed by atoms with E-state index in [0.717, 1.165) is 11.5 Å². The van der Waals surface area contributed by atoms with Gasteiger partial charge in [-0.05, 0) is 24.3 Å². The van der Waals surface area contributed by atoms with Crippen molar-refractivity contribution >= 4 is 16.6 Å². The van der Waals surface area contributed by atoms with Gasteiger partial charge in [-0.1, -0.05) is 18.2 Å². The van der Waals surface area contributed by atoms with Crippen molar-refractivity contribution in [2.24, 2.45) is 0 Å². The number of rotatable bonds is 2. The smallest absolute Gasteiger partial charge is 0.237 e. The minimum atomic E-state index is -0.452. The van der Waals surface area contributed by atoms with Gasteiger partial charge >= 0.3 is 0 Å². The van der Waals surface area contributed by atoms with E-state index in [0.29, 0.717) is 5.52 Å². The minimum absolute atomic E-state index is 0.147. The number of benzene rings is 2. The number of para-hydroxylation sites is 1. The number of fused-ring (bicyclic) bond motifs is 1. The van der Waals surface area contributed by atoms with Crippen LogP contribution in [0.3, 0.4) is 0 Å². The molecule has 4 nitrogen and oxygen atoms in total. The number of pyridine rings is 1. The van der Waals surface area contributed by atoms with E-state index < -0.39 is 5.82 Å². The van der Waals surface area contributed by atoms with Crippen LogP contribution < -0.4 is 10.5 Å². The second-order valence-corrected chi connectivity index (χ2v) is 4.43. The summed E-state index contributed by atoms with van der Waals surface area (Å²) in [5, 5.41) is 10.0. The average Bonchev–Trinajstić information content (AvgIpc) is 2.49. The van der Waals surface area contributed by atoms with Crippen LogP contribution in [0, 0.1) is 17.1 Å². The Balaban J connectivity index is 2.09. The molecule has 21 heavy (non-hydrogen) atoms. The van der Waals surface area contributed by atoms with Crippen LogP contribution in [0.4, 0.5) is 10.1 Å². The van der Waals surface area contributed by atoms with Crippen molar-refractivity contribution in [3.05, 3.63) is 59.9 Å². The molecule has 0 aliphatic rings. The Bertz CT molecular complexity index is 871. The summed E-state index contributed by atoms with van der Waals surface area (Å²) in [4.78, 5) is 4.31. The molecule has 2 N–H and O–H groups in total. The lowest BCUT2D eigenvalue weighted by atomic mass is 10.1. The zero-order valence-corrected chi connectivity index (χ0v) is 10.9. The van der Waals surface area contributed by atoms with Gasteiger partial charge in [-0.25, -0.2) is 9.37 Å². The molecule has 5 heteroatoms. The Morgan fingerprint density at radius 3 is 2.71 bits per heavy atom. The normalized spacial score (nSPS) is 10.3. The van der Waals surface area contributed by atoms with Gasteiger partial charge in [0.1, 0.15) is 17.4 Å². The summed E-state index contributed by atoms with van der Waals surface area (Å²) in [5.74, 6) is -0.0444. The number of nitrogens with zero attached hydrogens (tertiary/aromatic N) is 2. The Morgan fingerprint density at radius 1 is 1.14 bits per heavy atom. The van der Waals surface area contributed by atoms with Gasteiger partial charge in [0.15, 0.2) is 5.75 Å². The van der Waals surface area contributed by atoms with Gasteiger partial charge < -0.3 is 10.5 Å². The summed E-state index contributed by atoms with van der Waals surface area (Å²) in [5.41, 5.74) is 6.84. The Kier molecular flexibility index (Phi) is 3.13. The first-order valence-corrected chi connectivity index (χ1v) is 6.20. The predicted molar refractivity (Wildman–Crippen MR) is 77.3 cm³/mol. The second kappa shape index (κ2) is 5.10. The molecule has 3 rings (SSSR count). The van der Waals surface area contributed by atoms with Gasteiger partial charge in [0.05, 0.1) is 11.2 Å². The van der Waals surface area contributed by atoms with E-state index in [2.05, 4.69) is 4.98 Å². The van der Waals surface area contributed by atoms with Crippen LogP contribution in [0.25, 0.3) is 10.9 Å². The van der Waals surface area contributed by atoms with Gasteiger partial charge in [0.25, 0.3) is 0 Å². The third kappa shape index (κ3) is 2.47. The van der Waals surface area contributed by atoms with E-state index >= 15 is 0 Å². The fourth-order valence-electron chi connectivity index (χ4n) is 1.97. The fraction of sp³-hybridized carbons (Fsp3) is 0. The molecule has 0 atom stereocenters. The molecular weight excluding hydrogens is 269 g/mol. The van der Waals surface area contributed by atoms with Crippen LogP contribution in [0.15, 0.2) is 48.5 Å². The van der Waals surface area contributed by atoms with Gasteiger partial charge in [0, 0.05) is 11.5 Å². The number of nitrogens with two attached hydrogens (primary N) is 1. The monoisotopic (exact) mass is 279 g/mol. The molecule has 0 saturated heterocycles. The van der Waals surface area contributed by atoms with Crippen molar-refractivity contribution in [3.63, 3.8) is 0 Å². The first-order valence-electron chi connectivity index (χ1n) is 6.20. The predicted octanol–water partition coefficient (Wildman–Crippen LogP) is 3.62. The number of hydrogen-bond donors (Lipinski definition) is 1. The largest absolute Gasteiger partial charge is 0.435 e. The molecule has 0 saturated carbocycles. The van der Waals surface area contributed by atoms with Gasteiger partial charge in [-0.3, -0.25) is 0 Å². The van der Waals surface area contributed by atoms with E-state index in [1.807, 2.05) is 30.3 Å². The zero-order valence-electron chi connectivity index (χ0n) is 10.9. The average molecular weight is 279 g/mol. The Hall–Kier alpha value is -3.13. The Labute approximate surface area is 120 Å². The highest BCUT2D eigenvalue weighted by Gasteiger charge is 2.11. The standard InChI is InChI=1S/C16H10FN3O/c17-12-5-6-15(13(19)8-12)21-16-11(9-18)7-10-3-1-2-4-14(10)20-16/h1-8H,19H2. The molecule has 0 bridgehead atoms. The number of anilines is 1. The molecule has 0 amide bonds. The number of nitriles is 1. The number of ether oxygens (including phenoxy) is 1. The van der Waals surface area contributed by atoms with Crippen molar-refractivity contribution in [3.8, 4) is 17.7 Å². The van der Waals surface area contributed by atoms with Crippen LogP contribution in [-0.2, 0) is 0 Å². The molecule has 0 aliphatic heterocycles. The van der Waals surface area contributed by atoms with E-state index in [4.69, 9.17) is 10.5 Å². The van der Waals surface area contributed by atoms with Crippen molar-refractivity contribution < 1.29 is 9.13 Å². The van der Waals surface area contributed by atoms with Crippen molar-refractivity contribution in [2.45, 2.75) is 0 Å². The zero-order chi connectivity index (χ0) is 14.8.